The smallest absolute Gasteiger partial charge is 0.240 e. The summed E-state index contributed by atoms with van der Waals surface area (Å²) in [4.78, 5) is 35.8. The van der Waals surface area contributed by atoms with Crippen LogP contribution in [0.4, 0.5) is 0 Å². The van der Waals surface area contributed by atoms with Crippen molar-refractivity contribution in [2.24, 2.45) is 5.73 Å². The van der Waals surface area contributed by atoms with Gasteiger partial charge < -0.3 is 15.8 Å². The van der Waals surface area contributed by atoms with Crippen LogP contribution in [0.5, 0.6) is 0 Å². The number of Topliss-reactive ketones (excluding diaryl/α,β-unsaturated/α-hetero) is 1. The van der Waals surface area contributed by atoms with Crippen molar-refractivity contribution in [1.29, 1.82) is 0 Å². The Morgan fingerprint density at radius 2 is 1.52 bits per heavy atom. The van der Waals surface area contributed by atoms with Crippen LogP contribution in [0.25, 0.3) is 11.1 Å². The predicted octanol–water partition coefficient (Wildman–Crippen LogP) is 2.14. The highest BCUT2D eigenvalue weighted by Gasteiger charge is 2.34. The molecule has 3 rings (SSSR count). The van der Waals surface area contributed by atoms with Crippen molar-refractivity contribution in [1.82, 2.24) is 5.32 Å². The third kappa shape index (κ3) is 3.31. The van der Waals surface area contributed by atoms with Crippen LogP contribution in [0.3, 0.4) is 0 Å². The Bertz CT molecular complexity index is 799. The number of ketones is 1. The average Bonchev–Trinajstić information content (AvgIpc) is 2.92. The summed E-state index contributed by atoms with van der Waals surface area (Å²) in [6, 6.07) is 14.6. The first kappa shape index (κ1) is 16.9. The molecule has 1 atom stereocenters. The Hall–Kier alpha value is -2.95. The highest BCUT2D eigenvalue weighted by molar-refractivity contribution is 5.98. The molecule has 5 nitrogen and oxygen atoms in total. The Morgan fingerprint density at radius 1 is 1.00 bits per heavy atom. The SMILES string of the molecule is CC(=O)CC[C@@H](NC(=O)C1c2ccccc2-c2ccccc21)C(N)=O. The molecular weight excluding hydrogens is 316 g/mol. The van der Waals surface area contributed by atoms with Crippen molar-refractivity contribution in [3.8, 4) is 11.1 Å². The van der Waals surface area contributed by atoms with Crippen molar-refractivity contribution in [3.63, 3.8) is 0 Å². The molecule has 25 heavy (non-hydrogen) atoms. The minimum absolute atomic E-state index is 0.0444. The summed E-state index contributed by atoms with van der Waals surface area (Å²) in [5.41, 5.74) is 9.27. The van der Waals surface area contributed by atoms with Gasteiger partial charge in [0, 0.05) is 6.42 Å². The fourth-order valence-corrected chi connectivity index (χ4v) is 3.33. The highest BCUT2D eigenvalue weighted by atomic mass is 16.2. The highest BCUT2D eigenvalue weighted by Crippen LogP contribution is 2.44. The normalized spacial score (nSPS) is 13.6. The Labute approximate surface area is 146 Å². The molecule has 2 aromatic rings. The number of benzene rings is 2. The molecule has 0 radical (unpaired) electrons. The number of nitrogens with two attached hydrogens (primary N) is 1. The molecule has 0 aliphatic heterocycles. The van der Waals surface area contributed by atoms with Gasteiger partial charge in [0.15, 0.2) is 0 Å². The quantitative estimate of drug-likeness (QED) is 0.847. The molecule has 2 amide bonds. The van der Waals surface area contributed by atoms with Gasteiger partial charge in [-0.15, -0.1) is 0 Å². The largest absolute Gasteiger partial charge is 0.368 e. The lowest BCUT2D eigenvalue weighted by molar-refractivity contribution is -0.128. The van der Waals surface area contributed by atoms with E-state index in [2.05, 4.69) is 5.32 Å². The van der Waals surface area contributed by atoms with Crippen molar-refractivity contribution < 1.29 is 14.4 Å². The Morgan fingerprint density at radius 3 is 2.00 bits per heavy atom. The van der Waals surface area contributed by atoms with E-state index in [1.165, 1.54) is 6.92 Å². The van der Waals surface area contributed by atoms with Crippen LogP contribution in [0.15, 0.2) is 48.5 Å². The number of hydrogen-bond acceptors (Lipinski definition) is 3. The maximum atomic E-state index is 12.9. The van der Waals surface area contributed by atoms with Gasteiger partial charge in [0.1, 0.15) is 11.8 Å². The molecule has 0 fully saturated rings. The molecule has 5 heteroatoms. The average molecular weight is 336 g/mol. The van der Waals surface area contributed by atoms with Gasteiger partial charge in [-0.1, -0.05) is 48.5 Å². The third-order valence-electron chi connectivity index (χ3n) is 4.54. The zero-order valence-corrected chi connectivity index (χ0v) is 14.0. The Kier molecular flexibility index (Phi) is 4.65. The van der Waals surface area contributed by atoms with Gasteiger partial charge >= 0.3 is 0 Å². The fourth-order valence-electron chi connectivity index (χ4n) is 3.33. The van der Waals surface area contributed by atoms with E-state index in [1.54, 1.807) is 0 Å². The minimum atomic E-state index is -0.851. The van der Waals surface area contributed by atoms with Crippen molar-refractivity contribution >= 4 is 17.6 Å². The maximum Gasteiger partial charge on any atom is 0.240 e. The van der Waals surface area contributed by atoms with E-state index < -0.39 is 17.9 Å². The van der Waals surface area contributed by atoms with Gasteiger partial charge in [-0.2, -0.15) is 0 Å². The molecular formula is C20H20N2O3. The summed E-state index contributed by atoms with van der Waals surface area (Å²) in [5.74, 6) is -1.43. The number of fused-ring (bicyclic) bond motifs is 3. The lowest BCUT2D eigenvalue weighted by Gasteiger charge is -2.19. The van der Waals surface area contributed by atoms with E-state index in [9.17, 15) is 14.4 Å². The number of hydrogen-bond donors (Lipinski definition) is 2. The molecule has 128 valence electrons. The van der Waals surface area contributed by atoms with Crippen LogP contribution in [-0.2, 0) is 14.4 Å². The summed E-state index contributed by atoms with van der Waals surface area (Å²) in [6.45, 7) is 1.45. The van der Waals surface area contributed by atoms with Crippen LogP contribution in [0.2, 0.25) is 0 Å². The topological polar surface area (TPSA) is 89.3 Å². The molecule has 2 aromatic carbocycles. The third-order valence-corrected chi connectivity index (χ3v) is 4.54. The van der Waals surface area contributed by atoms with E-state index in [4.69, 9.17) is 5.73 Å². The van der Waals surface area contributed by atoms with Crippen LogP contribution >= 0.6 is 0 Å². The monoisotopic (exact) mass is 336 g/mol. The van der Waals surface area contributed by atoms with Gasteiger partial charge in [-0.3, -0.25) is 9.59 Å². The van der Waals surface area contributed by atoms with Gasteiger partial charge in [-0.25, -0.2) is 0 Å². The molecule has 0 aromatic heterocycles. The second kappa shape index (κ2) is 6.89. The number of carbonyl (C=O) groups is 3. The summed E-state index contributed by atoms with van der Waals surface area (Å²) < 4.78 is 0. The summed E-state index contributed by atoms with van der Waals surface area (Å²) in [7, 11) is 0. The van der Waals surface area contributed by atoms with E-state index in [1.807, 2.05) is 48.5 Å². The summed E-state index contributed by atoms with van der Waals surface area (Å²) >= 11 is 0. The molecule has 0 saturated heterocycles. The van der Waals surface area contributed by atoms with Crippen LogP contribution in [-0.4, -0.2) is 23.6 Å². The van der Waals surface area contributed by atoms with Gasteiger partial charge in [0.25, 0.3) is 0 Å². The Balaban J connectivity index is 1.89. The second-order valence-electron chi connectivity index (χ2n) is 6.31. The standard InChI is InChI=1S/C20H20N2O3/c1-12(23)10-11-17(19(21)24)22-20(25)18-15-8-4-2-6-13(15)14-7-3-5-9-16(14)18/h2-9,17-18H,10-11H2,1H3,(H2,21,24)(H,22,25)/t17-/m1/s1. The van der Waals surface area contributed by atoms with Crippen LogP contribution < -0.4 is 11.1 Å². The molecule has 0 unspecified atom stereocenters. The van der Waals surface area contributed by atoms with E-state index >= 15 is 0 Å². The number of primary amides is 1. The van der Waals surface area contributed by atoms with Crippen molar-refractivity contribution in [2.45, 2.75) is 31.7 Å². The zero-order chi connectivity index (χ0) is 18.0. The van der Waals surface area contributed by atoms with Gasteiger partial charge in [-0.05, 0) is 35.6 Å². The van der Waals surface area contributed by atoms with Crippen molar-refractivity contribution in [3.05, 3.63) is 59.7 Å². The lowest BCUT2D eigenvalue weighted by Crippen LogP contribution is -2.46. The number of nitrogens with one attached hydrogen (secondary N) is 1. The first-order chi connectivity index (χ1) is 12.0. The fraction of sp³-hybridized carbons (Fsp3) is 0.250. The zero-order valence-electron chi connectivity index (χ0n) is 14.0. The second-order valence-corrected chi connectivity index (χ2v) is 6.31. The van der Waals surface area contributed by atoms with E-state index in [0.717, 1.165) is 22.3 Å². The number of carbonyl (C=O) groups excluding carboxylic acids is 3. The first-order valence-corrected chi connectivity index (χ1v) is 8.26. The van der Waals surface area contributed by atoms with Gasteiger partial charge in [0.05, 0.1) is 5.92 Å². The summed E-state index contributed by atoms with van der Waals surface area (Å²) in [6.07, 6.45) is 0.415. The lowest BCUT2D eigenvalue weighted by atomic mass is 9.95. The number of amides is 2. The first-order valence-electron chi connectivity index (χ1n) is 8.26. The number of rotatable bonds is 6. The van der Waals surface area contributed by atoms with E-state index in [0.29, 0.717) is 0 Å². The minimum Gasteiger partial charge on any atom is -0.368 e. The summed E-state index contributed by atoms with van der Waals surface area (Å²) in [5, 5.41) is 2.73. The van der Waals surface area contributed by atoms with Crippen LogP contribution in [0.1, 0.15) is 36.8 Å². The molecule has 0 bridgehead atoms. The molecule has 0 heterocycles. The van der Waals surface area contributed by atoms with Gasteiger partial charge in [0.2, 0.25) is 11.8 Å². The predicted molar refractivity (Wildman–Crippen MR) is 94.8 cm³/mol. The molecule has 1 aliphatic carbocycles. The molecule has 1 aliphatic rings. The molecule has 0 spiro atoms. The maximum absolute atomic E-state index is 12.9. The molecule has 3 N–H and O–H groups in total. The molecule has 0 saturated carbocycles. The van der Waals surface area contributed by atoms with Crippen molar-refractivity contribution in [2.75, 3.05) is 0 Å². The van der Waals surface area contributed by atoms with E-state index in [-0.39, 0.29) is 24.5 Å². The van der Waals surface area contributed by atoms with Crippen LogP contribution in [0, 0.1) is 0 Å².